The normalized spacial score (nSPS) is 21.8. The Kier molecular flexibility index (Phi) is 7.30. The van der Waals surface area contributed by atoms with Crippen molar-refractivity contribution in [2.45, 2.75) is 44.4 Å². The molecule has 0 saturated carbocycles. The second kappa shape index (κ2) is 10.9. The van der Waals surface area contributed by atoms with Gasteiger partial charge in [0.15, 0.2) is 5.17 Å². The molecule has 3 heterocycles. The van der Waals surface area contributed by atoms with Crippen LogP contribution in [-0.2, 0) is 4.79 Å². The average Bonchev–Trinajstić information content (AvgIpc) is 3.52. The lowest BCUT2D eigenvalue weighted by Crippen LogP contribution is -2.54. The first kappa shape index (κ1) is 24.0. The van der Waals surface area contributed by atoms with Crippen LogP contribution in [0.1, 0.15) is 43.4 Å². The number of fused-ring (bicyclic) bond motifs is 3. The van der Waals surface area contributed by atoms with E-state index in [9.17, 15) is 4.79 Å². The zero-order chi connectivity index (χ0) is 24.9. The quantitative estimate of drug-likeness (QED) is 0.468. The van der Waals surface area contributed by atoms with E-state index in [1.807, 2.05) is 24.5 Å². The van der Waals surface area contributed by atoms with E-state index in [-0.39, 0.29) is 29.9 Å². The van der Waals surface area contributed by atoms with Crippen molar-refractivity contribution in [2.24, 2.45) is 5.10 Å². The van der Waals surface area contributed by atoms with Crippen molar-refractivity contribution < 1.29 is 9.53 Å². The summed E-state index contributed by atoms with van der Waals surface area (Å²) in [6.07, 6.45) is 7.10. The van der Waals surface area contributed by atoms with Crippen molar-refractivity contribution in [3.8, 4) is 11.8 Å². The minimum atomic E-state index is -0.145. The van der Waals surface area contributed by atoms with Gasteiger partial charge in [-0.1, -0.05) is 43.3 Å². The molecule has 36 heavy (non-hydrogen) atoms. The highest BCUT2D eigenvalue weighted by molar-refractivity contribution is 8.14. The number of hydrogen-bond donors (Lipinski definition) is 3. The van der Waals surface area contributed by atoms with Crippen molar-refractivity contribution in [1.82, 2.24) is 20.8 Å². The topological polar surface area (TPSA) is 105 Å². The van der Waals surface area contributed by atoms with Gasteiger partial charge in [0.25, 0.3) is 0 Å². The van der Waals surface area contributed by atoms with Gasteiger partial charge in [0, 0.05) is 18.1 Å². The molecule has 5 rings (SSSR count). The number of nitriles is 1. The first-order valence-corrected chi connectivity index (χ1v) is 13.1. The molecule has 0 aromatic heterocycles. The Morgan fingerprint density at radius 3 is 2.94 bits per heavy atom. The molecular weight excluding hydrogens is 474 g/mol. The third kappa shape index (κ3) is 5.27. The molecule has 1 amide bonds. The van der Waals surface area contributed by atoms with Crippen molar-refractivity contribution in [3.05, 3.63) is 72.1 Å². The van der Waals surface area contributed by atoms with E-state index in [0.29, 0.717) is 11.3 Å². The number of nitrogens with one attached hydrogen (secondary N) is 3. The standard InChI is InChI=1S/C26H29N7O2S/c1-2-3-13-35-21-9-7-19(8-10-21)22-15-23-25-29-30-26(32(25)11-12-33(23)31-22)36-17-24(34)28-20-6-4-5-18(14-20)16-27/h4-12,14,22-23,25,29,31H,2-3,13,15,17H2,1H3,(H,28,34). The number of anilines is 1. The molecule has 0 aliphatic carbocycles. The van der Waals surface area contributed by atoms with Gasteiger partial charge in [-0.2, -0.15) is 10.4 Å². The van der Waals surface area contributed by atoms with Crippen molar-refractivity contribution in [1.29, 1.82) is 5.26 Å². The Bertz CT molecular complexity index is 1190. The van der Waals surface area contributed by atoms with Gasteiger partial charge in [0.2, 0.25) is 5.91 Å². The lowest BCUT2D eigenvalue weighted by molar-refractivity contribution is -0.113. The number of thioether (sulfide) groups is 1. The van der Waals surface area contributed by atoms with Crippen LogP contribution in [0.15, 0.2) is 66.0 Å². The number of carbonyl (C=O) groups is 1. The van der Waals surface area contributed by atoms with Crippen LogP contribution in [0, 0.1) is 11.3 Å². The number of amides is 1. The Morgan fingerprint density at radius 1 is 1.28 bits per heavy atom. The van der Waals surface area contributed by atoms with E-state index < -0.39 is 0 Å². The monoisotopic (exact) mass is 503 g/mol. The number of benzene rings is 2. The number of hydrazine groups is 1. The van der Waals surface area contributed by atoms with Crippen LogP contribution in [0.5, 0.6) is 5.75 Å². The Morgan fingerprint density at radius 2 is 2.14 bits per heavy atom. The zero-order valence-corrected chi connectivity index (χ0v) is 20.9. The molecule has 9 nitrogen and oxygen atoms in total. The summed E-state index contributed by atoms with van der Waals surface area (Å²) in [7, 11) is 0. The molecule has 2 aromatic rings. The van der Waals surface area contributed by atoms with Gasteiger partial charge in [-0.3, -0.25) is 10.2 Å². The number of carbonyl (C=O) groups excluding carboxylic acids is 1. The number of hydrogen-bond acceptors (Lipinski definition) is 9. The summed E-state index contributed by atoms with van der Waals surface area (Å²) in [6, 6.07) is 17.7. The Balaban J connectivity index is 1.14. The van der Waals surface area contributed by atoms with Gasteiger partial charge in [-0.05, 0) is 48.7 Å². The van der Waals surface area contributed by atoms with Crippen LogP contribution in [0.3, 0.4) is 0 Å². The van der Waals surface area contributed by atoms with Gasteiger partial charge in [-0.25, -0.2) is 5.43 Å². The number of ether oxygens (including phenoxy) is 1. The number of unbranched alkanes of at least 4 members (excludes halogenated alkanes) is 1. The van der Waals surface area contributed by atoms with Gasteiger partial charge in [0.1, 0.15) is 11.9 Å². The van der Waals surface area contributed by atoms with Crippen molar-refractivity contribution in [2.75, 3.05) is 17.7 Å². The maximum atomic E-state index is 12.5. The van der Waals surface area contributed by atoms with Crippen molar-refractivity contribution in [3.63, 3.8) is 0 Å². The minimum Gasteiger partial charge on any atom is -0.494 e. The van der Waals surface area contributed by atoms with E-state index >= 15 is 0 Å². The zero-order valence-electron chi connectivity index (χ0n) is 20.1. The molecule has 1 saturated heterocycles. The molecule has 3 atom stereocenters. The summed E-state index contributed by atoms with van der Waals surface area (Å²) < 4.78 is 5.79. The highest BCUT2D eigenvalue weighted by Crippen LogP contribution is 2.35. The predicted molar refractivity (Wildman–Crippen MR) is 141 cm³/mol. The molecule has 3 aliphatic rings. The van der Waals surface area contributed by atoms with Crippen LogP contribution < -0.4 is 20.9 Å². The van der Waals surface area contributed by atoms with E-state index in [4.69, 9.17) is 10.00 Å². The highest BCUT2D eigenvalue weighted by Gasteiger charge is 2.44. The van der Waals surface area contributed by atoms with Crippen molar-refractivity contribution >= 4 is 28.5 Å². The molecule has 186 valence electrons. The molecule has 0 spiro atoms. The largest absolute Gasteiger partial charge is 0.494 e. The highest BCUT2D eigenvalue weighted by atomic mass is 32.2. The van der Waals surface area contributed by atoms with Gasteiger partial charge >= 0.3 is 0 Å². The van der Waals surface area contributed by atoms with Crippen LogP contribution in [-0.4, -0.2) is 45.6 Å². The summed E-state index contributed by atoms with van der Waals surface area (Å²) in [5.41, 5.74) is 9.18. The maximum Gasteiger partial charge on any atom is 0.234 e. The maximum absolute atomic E-state index is 12.5. The smallest absolute Gasteiger partial charge is 0.234 e. The molecular formula is C26H29N7O2S. The van der Waals surface area contributed by atoms with Crippen LogP contribution in [0.2, 0.25) is 0 Å². The molecule has 0 bridgehead atoms. The van der Waals surface area contributed by atoms with Gasteiger partial charge in [0.05, 0.1) is 36.1 Å². The van der Waals surface area contributed by atoms with Gasteiger partial charge in [-0.15, -0.1) is 0 Å². The molecule has 2 aromatic carbocycles. The molecule has 3 N–H and O–H groups in total. The fourth-order valence-corrected chi connectivity index (χ4v) is 5.26. The first-order chi connectivity index (χ1) is 17.6. The average molecular weight is 504 g/mol. The number of rotatable bonds is 8. The van der Waals surface area contributed by atoms with Gasteiger partial charge < -0.3 is 20.0 Å². The Labute approximate surface area is 215 Å². The SMILES string of the molecule is CCCCOc1ccc(C2CC3C4NN=C(SCC(=O)Nc5cccc(C#N)c5)N4C=CN3N2)cc1. The third-order valence-electron chi connectivity index (χ3n) is 6.36. The lowest BCUT2D eigenvalue weighted by atomic mass is 10.00. The molecule has 3 unspecified atom stereocenters. The summed E-state index contributed by atoms with van der Waals surface area (Å²) >= 11 is 1.38. The number of amidine groups is 1. The van der Waals surface area contributed by atoms with E-state index in [2.05, 4.69) is 56.3 Å². The summed E-state index contributed by atoms with van der Waals surface area (Å²) in [5.74, 6) is 0.980. The first-order valence-electron chi connectivity index (χ1n) is 12.1. The summed E-state index contributed by atoms with van der Waals surface area (Å²) in [6.45, 7) is 2.90. The summed E-state index contributed by atoms with van der Waals surface area (Å²) in [5, 5.41) is 19.3. The fourth-order valence-electron chi connectivity index (χ4n) is 4.49. The fraction of sp³-hybridized carbons (Fsp3) is 0.346. The second-order valence-electron chi connectivity index (χ2n) is 8.87. The predicted octanol–water partition coefficient (Wildman–Crippen LogP) is 3.72. The lowest BCUT2D eigenvalue weighted by Gasteiger charge is -2.36. The molecule has 1 fully saturated rings. The third-order valence-corrected chi connectivity index (χ3v) is 7.33. The number of nitrogens with zero attached hydrogens (tertiary/aromatic N) is 4. The van der Waals surface area contributed by atoms with Crippen LogP contribution in [0.25, 0.3) is 0 Å². The number of hydrazone groups is 1. The molecule has 0 radical (unpaired) electrons. The van der Waals surface area contributed by atoms with E-state index in [0.717, 1.165) is 36.8 Å². The van der Waals surface area contributed by atoms with E-state index in [1.54, 1.807) is 24.3 Å². The molecule has 10 heteroatoms. The van der Waals surface area contributed by atoms with Crippen LogP contribution >= 0.6 is 11.8 Å². The van der Waals surface area contributed by atoms with Crippen LogP contribution in [0.4, 0.5) is 5.69 Å². The Hall–Kier alpha value is -3.68. The summed E-state index contributed by atoms with van der Waals surface area (Å²) in [4.78, 5) is 14.5. The van der Waals surface area contributed by atoms with E-state index in [1.165, 1.54) is 17.3 Å². The molecule has 3 aliphatic heterocycles. The minimum absolute atomic E-state index is 0.0120. The second-order valence-corrected chi connectivity index (χ2v) is 9.81.